The molecule has 0 spiro atoms. The lowest BCUT2D eigenvalue weighted by atomic mass is 10.1. The number of aromatic nitrogens is 1. The lowest BCUT2D eigenvalue weighted by molar-refractivity contribution is -0.115. The van der Waals surface area contributed by atoms with E-state index in [0.717, 1.165) is 23.0 Å². The van der Waals surface area contributed by atoms with Gasteiger partial charge in [-0.25, -0.2) is 0 Å². The van der Waals surface area contributed by atoms with Gasteiger partial charge in [-0.05, 0) is 25.3 Å². The van der Waals surface area contributed by atoms with Crippen molar-refractivity contribution in [2.24, 2.45) is 0 Å². The Hall–Kier alpha value is -2.82. The van der Waals surface area contributed by atoms with Gasteiger partial charge in [-0.15, -0.1) is 0 Å². The van der Waals surface area contributed by atoms with Gasteiger partial charge in [-0.3, -0.25) is 4.79 Å². The van der Waals surface area contributed by atoms with Crippen molar-refractivity contribution in [1.82, 2.24) is 5.16 Å². The van der Waals surface area contributed by atoms with Gasteiger partial charge in [0.25, 0.3) is 0 Å². The largest absolute Gasteiger partial charge is 0.362 e. The first-order valence-electron chi connectivity index (χ1n) is 7.63. The van der Waals surface area contributed by atoms with Crippen molar-refractivity contribution in [2.75, 3.05) is 23.3 Å². The van der Waals surface area contributed by atoms with Crippen LogP contribution in [0.2, 0.25) is 0 Å². The molecule has 0 aliphatic heterocycles. The molecule has 23 heavy (non-hydrogen) atoms. The van der Waals surface area contributed by atoms with E-state index in [1.54, 1.807) is 13.0 Å². The highest BCUT2D eigenvalue weighted by Crippen LogP contribution is 2.26. The van der Waals surface area contributed by atoms with E-state index in [1.807, 2.05) is 36.1 Å². The molecule has 2 aromatic carbocycles. The third kappa shape index (κ3) is 3.34. The zero-order chi connectivity index (χ0) is 16.2. The molecule has 1 heterocycles. The lowest BCUT2D eigenvalue weighted by Gasteiger charge is -2.23. The third-order valence-electron chi connectivity index (χ3n) is 3.72. The first-order chi connectivity index (χ1) is 11.2. The number of nitrogens with one attached hydrogen (secondary N) is 1. The van der Waals surface area contributed by atoms with Crippen LogP contribution in [0.3, 0.4) is 0 Å². The Labute approximate surface area is 134 Å². The second-order valence-corrected chi connectivity index (χ2v) is 5.38. The summed E-state index contributed by atoms with van der Waals surface area (Å²) in [7, 11) is 0. The van der Waals surface area contributed by atoms with E-state index in [-0.39, 0.29) is 12.5 Å². The molecule has 0 fully saturated rings. The Kier molecular flexibility index (Phi) is 4.28. The second kappa shape index (κ2) is 6.52. The fourth-order valence-electron chi connectivity index (χ4n) is 2.63. The number of benzene rings is 2. The van der Waals surface area contributed by atoms with E-state index >= 15 is 0 Å². The lowest BCUT2D eigenvalue weighted by Crippen LogP contribution is -2.33. The van der Waals surface area contributed by atoms with E-state index in [1.165, 1.54) is 0 Å². The molecule has 1 amide bonds. The fraction of sp³-hybridized carbons (Fsp3) is 0.222. The number of fused-ring (bicyclic) bond motifs is 1. The molecule has 0 unspecified atom stereocenters. The summed E-state index contributed by atoms with van der Waals surface area (Å²) in [5.41, 5.74) is 1.05. The number of likely N-dealkylation sites (N-methyl/N-ethyl adjacent to an activating group) is 1. The summed E-state index contributed by atoms with van der Waals surface area (Å²) in [6, 6.07) is 16.0. The van der Waals surface area contributed by atoms with Crippen LogP contribution in [0.4, 0.5) is 11.5 Å². The molecule has 0 atom stereocenters. The molecule has 1 aromatic heterocycles. The van der Waals surface area contributed by atoms with Crippen molar-refractivity contribution < 1.29 is 9.32 Å². The average molecular weight is 309 g/mol. The monoisotopic (exact) mass is 309 g/mol. The van der Waals surface area contributed by atoms with Gasteiger partial charge in [0.15, 0.2) is 5.82 Å². The summed E-state index contributed by atoms with van der Waals surface area (Å²) in [5.74, 6) is 0.997. The molecule has 0 radical (unpaired) electrons. The third-order valence-corrected chi connectivity index (χ3v) is 3.72. The number of aryl methyl sites for hydroxylation is 1. The van der Waals surface area contributed by atoms with Gasteiger partial charge >= 0.3 is 0 Å². The molecule has 3 aromatic rings. The SMILES string of the molecule is CCN(CC(=O)Nc1cc(C)on1)c1cccc2ccccc12. The van der Waals surface area contributed by atoms with E-state index in [0.29, 0.717) is 11.6 Å². The Bertz CT molecular complexity index is 821. The number of carbonyl (C=O) groups excluding carboxylic acids is 1. The van der Waals surface area contributed by atoms with Crippen molar-refractivity contribution >= 4 is 28.2 Å². The predicted octanol–water partition coefficient (Wildman–Crippen LogP) is 3.60. The number of hydrogen-bond acceptors (Lipinski definition) is 4. The molecule has 118 valence electrons. The van der Waals surface area contributed by atoms with Crippen LogP contribution in [0.5, 0.6) is 0 Å². The molecule has 1 N–H and O–H groups in total. The van der Waals surface area contributed by atoms with Gasteiger partial charge in [-0.1, -0.05) is 41.6 Å². The van der Waals surface area contributed by atoms with Crippen molar-refractivity contribution in [3.8, 4) is 0 Å². The number of amides is 1. The van der Waals surface area contributed by atoms with Crippen LogP contribution in [-0.2, 0) is 4.79 Å². The van der Waals surface area contributed by atoms with Gasteiger partial charge in [0.1, 0.15) is 5.76 Å². The number of nitrogens with zero attached hydrogens (tertiary/aromatic N) is 2. The molecular formula is C18H19N3O2. The zero-order valence-corrected chi connectivity index (χ0v) is 13.2. The van der Waals surface area contributed by atoms with Crippen molar-refractivity contribution in [3.63, 3.8) is 0 Å². The summed E-state index contributed by atoms with van der Waals surface area (Å²) in [4.78, 5) is 14.3. The second-order valence-electron chi connectivity index (χ2n) is 5.38. The normalized spacial score (nSPS) is 10.7. The molecule has 5 heteroatoms. The minimum Gasteiger partial charge on any atom is -0.362 e. The Morgan fingerprint density at radius 2 is 2.00 bits per heavy atom. The van der Waals surface area contributed by atoms with E-state index in [9.17, 15) is 4.79 Å². The maximum atomic E-state index is 12.3. The minimum atomic E-state index is -0.118. The topological polar surface area (TPSA) is 58.4 Å². The van der Waals surface area contributed by atoms with Crippen LogP contribution in [0, 0.1) is 6.92 Å². The summed E-state index contributed by atoms with van der Waals surface area (Å²) in [6.07, 6.45) is 0. The fourth-order valence-corrected chi connectivity index (χ4v) is 2.63. The minimum absolute atomic E-state index is 0.118. The van der Waals surface area contributed by atoms with Crippen LogP contribution in [0.1, 0.15) is 12.7 Å². The van der Waals surface area contributed by atoms with Crippen LogP contribution in [0.15, 0.2) is 53.1 Å². The molecular weight excluding hydrogens is 290 g/mol. The van der Waals surface area contributed by atoms with Crippen molar-refractivity contribution in [3.05, 3.63) is 54.3 Å². The number of hydrogen-bond donors (Lipinski definition) is 1. The van der Waals surface area contributed by atoms with Gasteiger partial charge in [-0.2, -0.15) is 0 Å². The Morgan fingerprint density at radius 3 is 2.74 bits per heavy atom. The summed E-state index contributed by atoms with van der Waals surface area (Å²) >= 11 is 0. The van der Waals surface area contributed by atoms with Gasteiger partial charge < -0.3 is 14.7 Å². The molecule has 0 saturated carbocycles. The predicted molar refractivity (Wildman–Crippen MR) is 91.7 cm³/mol. The van der Waals surface area contributed by atoms with Gasteiger partial charge in [0, 0.05) is 23.7 Å². The highest BCUT2D eigenvalue weighted by molar-refractivity contribution is 5.98. The Morgan fingerprint density at radius 1 is 1.22 bits per heavy atom. The number of carbonyl (C=O) groups is 1. The first-order valence-corrected chi connectivity index (χ1v) is 7.63. The zero-order valence-electron chi connectivity index (χ0n) is 13.2. The summed E-state index contributed by atoms with van der Waals surface area (Å²) < 4.78 is 4.96. The van der Waals surface area contributed by atoms with E-state index < -0.39 is 0 Å². The first kappa shape index (κ1) is 15.1. The van der Waals surface area contributed by atoms with E-state index in [2.05, 4.69) is 28.7 Å². The molecule has 0 bridgehead atoms. The summed E-state index contributed by atoms with van der Waals surface area (Å²) in [6.45, 7) is 4.82. The van der Waals surface area contributed by atoms with Crippen molar-refractivity contribution in [1.29, 1.82) is 0 Å². The maximum Gasteiger partial charge on any atom is 0.245 e. The summed E-state index contributed by atoms with van der Waals surface area (Å²) in [5, 5.41) is 8.85. The molecule has 0 saturated heterocycles. The van der Waals surface area contributed by atoms with Crippen LogP contribution < -0.4 is 10.2 Å². The molecule has 0 aliphatic carbocycles. The Balaban J connectivity index is 1.80. The number of rotatable bonds is 5. The van der Waals surface area contributed by atoms with Crippen LogP contribution in [-0.4, -0.2) is 24.2 Å². The average Bonchev–Trinajstić information content (AvgIpc) is 2.97. The standard InChI is InChI=1S/C18H19N3O2/c1-3-21(12-18(22)19-17-11-13(2)23-20-17)16-10-6-8-14-7-4-5-9-15(14)16/h4-11H,3,12H2,1-2H3,(H,19,20,22). The smallest absolute Gasteiger partial charge is 0.245 e. The van der Waals surface area contributed by atoms with E-state index in [4.69, 9.17) is 4.52 Å². The van der Waals surface area contributed by atoms with Gasteiger partial charge in [0.2, 0.25) is 5.91 Å². The van der Waals surface area contributed by atoms with Gasteiger partial charge in [0.05, 0.1) is 6.54 Å². The van der Waals surface area contributed by atoms with Crippen molar-refractivity contribution in [2.45, 2.75) is 13.8 Å². The quantitative estimate of drug-likeness (QED) is 0.782. The molecule has 0 aliphatic rings. The van der Waals surface area contributed by atoms with Crippen LogP contribution in [0.25, 0.3) is 10.8 Å². The molecule has 3 rings (SSSR count). The highest BCUT2D eigenvalue weighted by atomic mass is 16.5. The van der Waals surface area contributed by atoms with Crippen LogP contribution >= 0.6 is 0 Å². The maximum absolute atomic E-state index is 12.3. The highest BCUT2D eigenvalue weighted by Gasteiger charge is 2.13. The molecule has 5 nitrogen and oxygen atoms in total. The number of anilines is 2.